The molecule has 0 aliphatic rings. The Labute approximate surface area is 122 Å². The van der Waals surface area contributed by atoms with Gasteiger partial charge in [0.25, 0.3) is 0 Å². The summed E-state index contributed by atoms with van der Waals surface area (Å²) in [6.07, 6.45) is 7.75. The van der Waals surface area contributed by atoms with E-state index in [9.17, 15) is 0 Å². The molecule has 0 aromatic heterocycles. The topological polar surface area (TPSA) is 18.5 Å². The Hall–Kier alpha value is -0.830. The third-order valence-electron chi connectivity index (χ3n) is 2.95. The Kier molecular flexibility index (Phi) is 9.42. The highest BCUT2D eigenvalue weighted by Crippen LogP contribution is 2.18. The van der Waals surface area contributed by atoms with Crippen molar-refractivity contribution in [2.45, 2.75) is 45.4 Å². The van der Waals surface area contributed by atoms with Gasteiger partial charge in [-0.1, -0.05) is 39.0 Å². The third kappa shape index (κ3) is 8.04. The van der Waals surface area contributed by atoms with E-state index in [1.165, 1.54) is 32.1 Å². The number of thiol groups is 1. The zero-order chi connectivity index (χ0) is 13.8. The predicted molar refractivity (Wildman–Crippen MR) is 84.7 cm³/mol. The molecule has 0 amide bonds. The summed E-state index contributed by atoms with van der Waals surface area (Å²) in [5, 5.41) is 0. The second kappa shape index (κ2) is 11.0. The van der Waals surface area contributed by atoms with E-state index in [1.807, 2.05) is 24.3 Å². The maximum absolute atomic E-state index is 5.70. The van der Waals surface area contributed by atoms with Crippen LogP contribution >= 0.6 is 12.6 Å². The van der Waals surface area contributed by atoms with E-state index in [0.717, 1.165) is 30.3 Å². The second-order valence-corrected chi connectivity index (χ2v) is 5.11. The van der Waals surface area contributed by atoms with Gasteiger partial charge in [0.2, 0.25) is 0 Å². The lowest BCUT2D eigenvalue weighted by atomic mass is 10.1. The first-order valence-electron chi connectivity index (χ1n) is 7.33. The maximum Gasteiger partial charge on any atom is 0.119 e. The number of benzene rings is 1. The van der Waals surface area contributed by atoms with E-state index < -0.39 is 0 Å². The zero-order valence-electron chi connectivity index (χ0n) is 11.9. The van der Waals surface area contributed by atoms with E-state index in [-0.39, 0.29) is 0 Å². The molecule has 0 heterocycles. The fraction of sp³-hybridized carbons (Fsp3) is 0.625. The van der Waals surface area contributed by atoms with E-state index in [0.29, 0.717) is 6.61 Å². The smallest absolute Gasteiger partial charge is 0.119 e. The van der Waals surface area contributed by atoms with Crippen LogP contribution in [0, 0.1) is 0 Å². The van der Waals surface area contributed by atoms with Crippen molar-refractivity contribution in [3.8, 4) is 11.5 Å². The van der Waals surface area contributed by atoms with Gasteiger partial charge < -0.3 is 9.47 Å². The van der Waals surface area contributed by atoms with Crippen LogP contribution in [0.25, 0.3) is 0 Å². The second-order valence-electron chi connectivity index (χ2n) is 4.66. The molecule has 3 heteroatoms. The SMILES string of the molecule is CCCCCCCCOc1ccc(OCCS)cc1. The molecule has 1 aromatic rings. The molecule has 0 fully saturated rings. The fourth-order valence-corrected chi connectivity index (χ4v) is 1.96. The van der Waals surface area contributed by atoms with Crippen LogP contribution in [0.3, 0.4) is 0 Å². The van der Waals surface area contributed by atoms with Crippen LogP contribution in [-0.4, -0.2) is 19.0 Å². The van der Waals surface area contributed by atoms with Crippen molar-refractivity contribution >= 4 is 12.6 Å². The van der Waals surface area contributed by atoms with Gasteiger partial charge in [-0.15, -0.1) is 0 Å². The van der Waals surface area contributed by atoms with Crippen molar-refractivity contribution < 1.29 is 9.47 Å². The van der Waals surface area contributed by atoms with Crippen LogP contribution in [0.1, 0.15) is 45.4 Å². The first kappa shape index (κ1) is 16.2. The number of unbranched alkanes of at least 4 members (excludes halogenated alkanes) is 5. The summed E-state index contributed by atoms with van der Waals surface area (Å²) in [5.74, 6) is 2.53. The molecule has 0 unspecified atom stereocenters. The number of rotatable bonds is 11. The Morgan fingerprint density at radius 2 is 1.32 bits per heavy atom. The average Bonchev–Trinajstić information content (AvgIpc) is 2.45. The highest BCUT2D eigenvalue weighted by atomic mass is 32.1. The van der Waals surface area contributed by atoms with Crippen molar-refractivity contribution in [1.29, 1.82) is 0 Å². The van der Waals surface area contributed by atoms with Crippen LogP contribution in [0.2, 0.25) is 0 Å². The Bertz CT molecular complexity index is 311. The molecule has 0 N–H and O–H groups in total. The van der Waals surface area contributed by atoms with Gasteiger partial charge in [0.15, 0.2) is 0 Å². The summed E-state index contributed by atoms with van der Waals surface area (Å²) >= 11 is 4.11. The zero-order valence-corrected chi connectivity index (χ0v) is 12.8. The highest BCUT2D eigenvalue weighted by molar-refractivity contribution is 7.80. The summed E-state index contributed by atoms with van der Waals surface area (Å²) in [6.45, 7) is 3.69. The highest BCUT2D eigenvalue weighted by Gasteiger charge is 1.96. The summed E-state index contributed by atoms with van der Waals surface area (Å²) in [6, 6.07) is 7.82. The third-order valence-corrected chi connectivity index (χ3v) is 3.13. The van der Waals surface area contributed by atoms with Crippen LogP contribution in [0.5, 0.6) is 11.5 Å². The maximum atomic E-state index is 5.70. The lowest BCUT2D eigenvalue weighted by Gasteiger charge is -2.08. The molecule has 0 spiro atoms. The van der Waals surface area contributed by atoms with E-state index >= 15 is 0 Å². The summed E-state index contributed by atoms with van der Waals surface area (Å²) < 4.78 is 11.2. The van der Waals surface area contributed by atoms with Gasteiger partial charge in [-0.2, -0.15) is 12.6 Å². The molecule has 19 heavy (non-hydrogen) atoms. The minimum Gasteiger partial charge on any atom is -0.494 e. The average molecular weight is 282 g/mol. The molecule has 0 aliphatic carbocycles. The molecular weight excluding hydrogens is 256 g/mol. The van der Waals surface area contributed by atoms with Crippen molar-refractivity contribution in [1.82, 2.24) is 0 Å². The van der Waals surface area contributed by atoms with E-state index in [4.69, 9.17) is 9.47 Å². The molecule has 0 bridgehead atoms. The van der Waals surface area contributed by atoms with Gasteiger partial charge in [0, 0.05) is 5.75 Å². The number of hydrogen-bond acceptors (Lipinski definition) is 3. The predicted octanol–water partition coefficient (Wildman–Crippen LogP) is 4.73. The molecule has 0 saturated carbocycles. The lowest BCUT2D eigenvalue weighted by molar-refractivity contribution is 0.302. The molecule has 108 valence electrons. The molecule has 0 aliphatic heterocycles. The van der Waals surface area contributed by atoms with Crippen molar-refractivity contribution in [3.63, 3.8) is 0 Å². The van der Waals surface area contributed by atoms with Crippen LogP contribution in [-0.2, 0) is 0 Å². The van der Waals surface area contributed by atoms with Crippen LogP contribution < -0.4 is 9.47 Å². The van der Waals surface area contributed by atoms with Crippen LogP contribution in [0.4, 0.5) is 0 Å². The van der Waals surface area contributed by atoms with Gasteiger partial charge >= 0.3 is 0 Å². The summed E-state index contributed by atoms with van der Waals surface area (Å²) in [4.78, 5) is 0. The van der Waals surface area contributed by atoms with Crippen molar-refractivity contribution in [2.75, 3.05) is 19.0 Å². The summed E-state index contributed by atoms with van der Waals surface area (Å²) in [5.41, 5.74) is 0. The Morgan fingerprint density at radius 1 is 0.789 bits per heavy atom. The molecular formula is C16H26O2S. The van der Waals surface area contributed by atoms with Gasteiger partial charge in [-0.05, 0) is 30.7 Å². The van der Waals surface area contributed by atoms with E-state index in [1.54, 1.807) is 0 Å². The quantitative estimate of drug-likeness (QED) is 0.467. The van der Waals surface area contributed by atoms with Crippen molar-refractivity contribution in [3.05, 3.63) is 24.3 Å². The largest absolute Gasteiger partial charge is 0.494 e. The lowest BCUT2D eigenvalue weighted by Crippen LogP contribution is -1.99. The Morgan fingerprint density at radius 3 is 1.89 bits per heavy atom. The van der Waals surface area contributed by atoms with Gasteiger partial charge in [0.1, 0.15) is 11.5 Å². The molecule has 0 atom stereocenters. The summed E-state index contributed by atoms with van der Waals surface area (Å²) in [7, 11) is 0. The molecule has 0 saturated heterocycles. The molecule has 1 aromatic carbocycles. The molecule has 1 rings (SSSR count). The van der Waals surface area contributed by atoms with Crippen LogP contribution in [0.15, 0.2) is 24.3 Å². The first-order valence-corrected chi connectivity index (χ1v) is 7.96. The van der Waals surface area contributed by atoms with E-state index in [2.05, 4.69) is 19.6 Å². The van der Waals surface area contributed by atoms with Crippen molar-refractivity contribution in [2.24, 2.45) is 0 Å². The molecule has 0 radical (unpaired) electrons. The monoisotopic (exact) mass is 282 g/mol. The number of ether oxygens (including phenoxy) is 2. The minimum atomic E-state index is 0.640. The fourth-order valence-electron chi connectivity index (χ4n) is 1.87. The first-order chi connectivity index (χ1) is 9.36. The number of hydrogen-bond donors (Lipinski definition) is 1. The standard InChI is InChI=1S/C16H26O2S/c1-2-3-4-5-6-7-12-17-15-8-10-16(11-9-15)18-13-14-19/h8-11,19H,2-7,12-14H2,1H3. The normalized spacial score (nSPS) is 10.4. The Balaban J connectivity index is 2.09. The minimum absolute atomic E-state index is 0.640. The van der Waals surface area contributed by atoms with Gasteiger partial charge in [0.05, 0.1) is 13.2 Å². The van der Waals surface area contributed by atoms with Gasteiger partial charge in [-0.3, -0.25) is 0 Å². The van der Waals surface area contributed by atoms with Gasteiger partial charge in [-0.25, -0.2) is 0 Å². The molecule has 2 nitrogen and oxygen atoms in total.